The van der Waals surface area contributed by atoms with E-state index in [4.69, 9.17) is 16.3 Å². The van der Waals surface area contributed by atoms with Crippen molar-refractivity contribution >= 4 is 47.4 Å². The van der Waals surface area contributed by atoms with Gasteiger partial charge in [-0.25, -0.2) is 4.99 Å². The summed E-state index contributed by atoms with van der Waals surface area (Å²) in [4.78, 5) is 15.9. The van der Waals surface area contributed by atoms with Gasteiger partial charge in [0.15, 0.2) is 5.96 Å². The highest BCUT2D eigenvalue weighted by Gasteiger charge is 2.03. The monoisotopic (exact) mass is 468 g/mol. The molecule has 24 heavy (non-hydrogen) atoms. The second kappa shape index (κ2) is 14.3. The van der Waals surface area contributed by atoms with Gasteiger partial charge in [-0.3, -0.25) is 4.79 Å². The Balaban J connectivity index is 0.00000529. The van der Waals surface area contributed by atoms with Crippen LogP contribution in [0.15, 0.2) is 29.3 Å². The van der Waals surface area contributed by atoms with Crippen molar-refractivity contribution in [2.45, 2.75) is 13.3 Å². The van der Waals surface area contributed by atoms with E-state index in [9.17, 15) is 4.79 Å². The predicted octanol–water partition coefficient (Wildman–Crippen LogP) is 1.82. The van der Waals surface area contributed by atoms with E-state index < -0.39 is 0 Å². The molecule has 3 N–H and O–H groups in total. The summed E-state index contributed by atoms with van der Waals surface area (Å²) in [5.74, 6) is 0.479. The van der Waals surface area contributed by atoms with E-state index in [0.29, 0.717) is 25.7 Å². The number of amides is 1. The van der Waals surface area contributed by atoms with Gasteiger partial charge in [0, 0.05) is 31.8 Å². The Kier molecular flexibility index (Phi) is 13.7. The summed E-state index contributed by atoms with van der Waals surface area (Å²) in [7, 11) is 1.59. The second-order valence-corrected chi connectivity index (χ2v) is 5.21. The van der Waals surface area contributed by atoms with Crippen LogP contribution >= 0.6 is 35.6 Å². The number of guanidine groups is 1. The number of hydrogen-bond donors (Lipinski definition) is 3. The van der Waals surface area contributed by atoms with Gasteiger partial charge in [-0.15, -0.1) is 24.0 Å². The zero-order valence-corrected chi connectivity index (χ0v) is 17.2. The van der Waals surface area contributed by atoms with Crippen molar-refractivity contribution in [2.75, 3.05) is 39.9 Å². The van der Waals surface area contributed by atoms with Crippen molar-refractivity contribution in [3.05, 3.63) is 34.9 Å². The van der Waals surface area contributed by atoms with Crippen molar-refractivity contribution in [1.82, 2.24) is 16.0 Å². The van der Waals surface area contributed by atoms with Crippen LogP contribution in [0.5, 0.6) is 0 Å². The van der Waals surface area contributed by atoms with E-state index in [-0.39, 0.29) is 36.4 Å². The fourth-order valence-electron chi connectivity index (χ4n) is 1.86. The van der Waals surface area contributed by atoms with Crippen LogP contribution < -0.4 is 16.0 Å². The number of hydrogen-bond acceptors (Lipinski definition) is 3. The highest BCUT2D eigenvalue weighted by Crippen LogP contribution is 2.14. The lowest BCUT2D eigenvalue weighted by Gasteiger charge is -2.12. The van der Waals surface area contributed by atoms with Gasteiger partial charge >= 0.3 is 0 Å². The number of rotatable bonds is 9. The molecule has 1 rings (SSSR count). The van der Waals surface area contributed by atoms with Gasteiger partial charge in [-0.1, -0.05) is 29.8 Å². The lowest BCUT2D eigenvalue weighted by atomic mass is 10.1. The Morgan fingerprint density at radius 2 is 1.96 bits per heavy atom. The summed E-state index contributed by atoms with van der Waals surface area (Å²) in [5, 5.41) is 9.79. The highest BCUT2D eigenvalue weighted by molar-refractivity contribution is 14.0. The summed E-state index contributed by atoms with van der Waals surface area (Å²) in [6.45, 7) is 4.44. The number of nitrogens with one attached hydrogen (secondary N) is 3. The van der Waals surface area contributed by atoms with Gasteiger partial charge in [0.05, 0.1) is 6.61 Å². The molecular weight excluding hydrogens is 443 g/mol. The minimum atomic E-state index is -0.134. The normalized spacial score (nSPS) is 10.7. The van der Waals surface area contributed by atoms with Gasteiger partial charge in [0.2, 0.25) is 5.91 Å². The molecule has 0 aliphatic carbocycles. The SMILES string of the molecule is CCNC(=NCC(=O)NCCOC)NCCc1ccccc1Cl.I. The van der Waals surface area contributed by atoms with Gasteiger partial charge in [-0.05, 0) is 25.0 Å². The molecule has 1 aromatic rings. The molecule has 0 bridgehead atoms. The number of benzene rings is 1. The standard InChI is InChI=1S/C16H25ClN4O2.HI/c1-3-18-16(21-12-15(22)19-10-11-23-2)20-9-8-13-6-4-5-7-14(13)17;/h4-7H,3,8-12H2,1-2H3,(H,19,22)(H2,18,20,21);1H. The van der Waals surface area contributed by atoms with Crippen LogP contribution in [-0.2, 0) is 16.0 Å². The quantitative estimate of drug-likeness (QED) is 0.224. The molecule has 0 saturated heterocycles. The Hall–Kier alpha value is -1.06. The average Bonchev–Trinajstić information content (AvgIpc) is 2.54. The molecular formula is C16H26ClIN4O2. The minimum Gasteiger partial charge on any atom is -0.383 e. The van der Waals surface area contributed by atoms with Crippen LogP contribution in [0.4, 0.5) is 0 Å². The molecule has 0 spiro atoms. The first kappa shape index (κ1) is 22.9. The third-order valence-electron chi connectivity index (χ3n) is 3.00. The van der Waals surface area contributed by atoms with Crippen LogP contribution in [0.3, 0.4) is 0 Å². The molecule has 6 nitrogen and oxygen atoms in total. The van der Waals surface area contributed by atoms with Gasteiger partial charge in [0.1, 0.15) is 6.54 Å². The lowest BCUT2D eigenvalue weighted by molar-refractivity contribution is -0.119. The predicted molar refractivity (Wildman–Crippen MR) is 109 cm³/mol. The molecule has 1 aromatic carbocycles. The number of methoxy groups -OCH3 is 1. The molecule has 8 heteroatoms. The molecule has 0 fully saturated rings. The summed E-state index contributed by atoms with van der Waals surface area (Å²) < 4.78 is 4.88. The van der Waals surface area contributed by atoms with Crippen LogP contribution in [-0.4, -0.2) is 51.8 Å². The summed E-state index contributed by atoms with van der Waals surface area (Å²) in [5.41, 5.74) is 1.08. The van der Waals surface area contributed by atoms with E-state index in [1.807, 2.05) is 31.2 Å². The lowest BCUT2D eigenvalue weighted by Crippen LogP contribution is -2.39. The van der Waals surface area contributed by atoms with Gasteiger partial charge < -0.3 is 20.7 Å². The van der Waals surface area contributed by atoms with E-state index in [1.54, 1.807) is 7.11 Å². The first-order valence-corrected chi connectivity index (χ1v) is 8.06. The minimum absolute atomic E-state index is 0. The maximum absolute atomic E-state index is 11.6. The third-order valence-corrected chi connectivity index (χ3v) is 3.37. The Morgan fingerprint density at radius 3 is 2.62 bits per heavy atom. The highest BCUT2D eigenvalue weighted by atomic mass is 127. The molecule has 0 heterocycles. The van der Waals surface area contributed by atoms with Crippen LogP contribution in [0.2, 0.25) is 5.02 Å². The van der Waals surface area contributed by atoms with Crippen molar-refractivity contribution in [3.63, 3.8) is 0 Å². The summed E-state index contributed by atoms with van der Waals surface area (Å²) >= 11 is 6.13. The fraction of sp³-hybridized carbons (Fsp3) is 0.500. The maximum atomic E-state index is 11.6. The smallest absolute Gasteiger partial charge is 0.241 e. The number of nitrogens with zero attached hydrogens (tertiary/aromatic N) is 1. The zero-order valence-electron chi connectivity index (χ0n) is 14.1. The number of aliphatic imine (C=N–C) groups is 1. The van der Waals surface area contributed by atoms with E-state index in [0.717, 1.165) is 23.6 Å². The molecule has 0 aliphatic rings. The van der Waals surface area contributed by atoms with Crippen LogP contribution in [0.1, 0.15) is 12.5 Å². The largest absolute Gasteiger partial charge is 0.383 e. The fourth-order valence-corrected chi connectivity index (χ4v) is 2.09. The van der Waals surface area contributed by atoms with Crippen molar-refractivity contribution in [1.29, 1.82) is 0 Å². The number of halogens is 2. The molecule has 0 aromatic heterocycles. The summed E-state index contributed by atoms with van der Waals surface area (Å²) in [6.07, 6.45) is 0.782. The Bertz CT molecular complexity index is 515. The molecule has 0 saturated carbocycles. The van der Waals surface area contributed by atoms with E-state index >= 15 is 0 Å². The molecule has 1 amide bonds. The topological polar surface area (TPSA) is 74.8 Å². The Labute approximate surface area is 165 Å². The number of carbonyl (C=O) groups is 1. The molecule has 0 unspecified atom stereocenters. The summed E-state index contributed by atoms with van der Waals surface area (Å²) in [6, 6.07) is 7.75. The van der Waals surface area contributed by atoms with Gasteiger partial charge in [-0.2, -0.15) is 0 Å². The maximum Gasteiger partial charge on any atom is 0.241 e. The van der Waals surface area contributed by atoms with Crippen LogP contribution in [0, 0.1) is 0 Å². The number of carbonyl (C=O) groups excluding carboxylic acids is 1. The molecule has 136 valence electrons. The molecule has 0 radical (unpaired) electrons. The van der Waals surface area contributed by atoms with Crippen molar-refractivity contribution in [2.24, 2.45) is 4.99 Å². The van der Waals surface area contributed by atoms with Gasteiger partial charge in [0.25, 0.3) is 0 Å². The molecule has 0 atom stereocenters. The Morgan fingerprint density at radius 1 is 1.21 bits per heavy atom. The third kappa shape index (κ3) is 9.94. The van der Waals surface area contributed by atoms with Crippen LogP contribution in [0.25, 0.3) is 0 Å². The number of ether oxygens (including phenoxy) is 1. The first-order valence-electron chi connectivity index (χ1n) is 7.68. The second-order valence-electron chi connectivity index (χ2n) is 4.81. The van der Waals surface area contributed by atoms with E-state index in [2.05, 4.69) is 20.9 Å². The molecule has 0 aliphatic heterocycles. The van der Waals surface area contributed by atoms with Crippen molar-refractivity contribution in [3.8, 4) is 0 Å². The average molecular weight is 469 g/mol. The van der Waals surface area contributed by atoms with Crippen molar-refractivity contribution < 1.29 is 9.53 Å². The van der Waals surface area contributed by atoms with E-state index in [1.165, 1.54) is 0 Å². The zero-order chi connectivity index (χ0) is 16.9. The first-order chi connectivity index (χ1) is 11.2.